The standard InChI is InChI=1S/C20H26N2O4/c1-13-7-9-15(10-8-13)22-12-14(11-18(22)23)19(24)21-17-6-4-3-5-16(17)20(25)26-2/h3-6,13-15H,7-12H2,1-2H3,(H,21,24). The van der Waals surface area contributed by atoms with Crippen LogP contribution in [-0.4, -0.2) is 42.4 Å². The lowest BCUT2D eigenvalue weighted by Crippen LogP contribution is -2.39. The summed E-state index contributed by atoms with van der Waals surface area (Å²) >= 11 is 0. The number of carbonyl (C=O) groups is 3. The van der Waals surface area contributed by atoms with Crippen molar-refractivity contribution in [3.05, 3.63) is 29.8 Å². The van der Waals surface area contributed by atoms with E-state index in [9.17, 15) is 14.4 Å². The van der Waals surface area contributed by atoms with Crippen molar-refractivity contribution in [2.45, 2.75) is 45.1 Å². The van der Waals surface area contributed by atoms with Gasteiger partial charge in [-0.1, -0.05) is 19.1 Å². The van der Waals surface area contributed by atoms with Crippen LogP contribution in [0.4, 0.5) is 5.69 Å². The van der Waals surface area contributed by atoms with Gasteiger partial charge in [0.1, 0.15) is 0 Å². The van der Waals surface area contributed by atoms with Crippen LogP contribution in [0.15, 0.2) is 24.3 Å². The number of hydrogen-bond donors (Lipinski definition) is 1. The zero-order chi connectivity index (χ0) is 18.7. The molecule has 1 aliphatic heterocycles. The highest BCUT2D eigenvalue weighted by Gasteiger charge is 2.38. The Morgan fingerprint density at radius 3 is 2.54 bits per heavy atom. The van der Waals surface area contributed by atoms with Gasteiger partial charge in [-0.3, -0.25) is 9.59 Å². The van der Waals surface area contributed by atoms with Crippen molar-refractivity contribution in [1.29, 1.82) is 0 Å². The van der Waals surface area contributed by atoms with Gasteiger partial charge >= 0.3 is 5.97 Å². The average Bonchev–Trinajstić information content (AvgIpc) is 3.04. The molecular formula is C20H26N2O4. The SMILES string of the molecule is COC(=O)c1ccccc1NC(=O)C1CC(=O)N(C2CCC(C)CC2)C1. The number of ether oxygens (including phenoxy) is 1. The summed E-state index contributed by atoms with van der Waals surface area (Å²) in [6, 6.07) is 7.00. The molecule has 2 amide bonds. The molecule has 1 N–H and O–H groups in total. The summed E-state index contributed by atoms with van der Waals surface area (Å²) in [7, 11) is 1.31. The van der Waals surface area contributed by atoms with Crippen molar-refractivity contribution < 1.29 is 19.1 Å². The number of amides is 2. The number of methoxy groups -OCH3 is 1. The zero-order valence-electron chi connectivity index (χ0n) is 15.4. The molecule has 26 heavy (non-hydrogen) atoms. The Morgan fingerprint density at radius 1 is 1.15 bits per heavy atom. The third-order valence-electron chi connectivity index (χ3n) is 5.55. The summed E-state index contributed by atoms with van der Waals surface area (Å²) in [4.78, 5) is 38.8. The van der Waals surface area contributed by atoms with Crippen LogP contribution in [0, 0.1) is 11.8 Å². The lowest BCUT2D eigenvalue weighted by atomic mass is 9.87. The number of likely N-dealkylation sites (tertiary alicyclic amines) is 1. The first-order valence-electron chi connectivity index (χ1n) is 9.27. The maximum atomic E-state index is 12.7. The number of nitrogens with zero attached hydrogens (tertiary/aromatic N) is 1. The Hall–Kier alpha value is -2.37. The van der Waals surface area contributed by atoms with Crippen molar-refractivity contribution in [3.63, 3.8) is 0 Å². The molecule has 0 bridgehead atoms. The van der Waals surface area contributed by atoms with E-state index in [4.69, 9.17) is 4.74 Å². The normalized spacial score (nSPS) is 25.8. The average molecular weight is 358 g/mol. The monoisotopic (exact) mass is 358 g/mol. The number of para-hydroxylation sites is 1. The number of esters is 1. The molecule has 1 aliphatic carbocycles. The van der Waals surface area contributed by atoms with Crippen LogP contribution < -0.4 is 5.32 Å². The topological polar surface area (TPSA) is 75.7 Å². The Morgan fingerprint density at radius 2 is 1.85 bits per heavy atom. The number of nitrogens with one attached hydrogen (secondary N) is 1. The highest BCUT2D eigenvalue weighted by molar-refractivity contribution is 6.03. The molecule has 0 spiro atoms. The van der Waals surface area contributed by atoms with Gasteiger partial charge in [0.2, 0.25) is 11.8 Å². The summed E-state index contributed by atoms with van der Waals surface area (Å²) < 4.78 is 4.75. The maximum absolute atomic E-state index is 12.7. The van der Waals surface area contributed by atoms with E-state index in [-0.39, 0.29) is 30.2 Å². The number of hydrogen-bond acceptors (Lipinski definition) is 4. The van der Waals surface area contributed by atoms with Gasteiger partial charge in [0, 0.05) is 19.0 Å². The molecule has 6 nitrogen and oxygen atoms in total. The third kappa shape index (κ3) is 3.89. The van der Waals surface area contributed by atoms with E-state index in [1.165, 1.54) is 7.11 Å². The molecule has 140 valence electrons. The van der Waals surface area contributed by atoms with Gasteiger partial charge in [-0.2, -0.15) is 0 Å². The van der Waals surface area contributed by atoms with Gasteiger partial charge in [-0.15, -0.1) is 0 Å². The Labute approximate surface area is 153 Å². The minimum Gasteiger partial charge on any atom is -0.465 e. The minimum absolute atomic E-state index is 0.0611. The molecule has 1 heterocycles. The zero-order valence-corrected chi connectivity index (χ0v) is 15.4. The van der Waals surface area contributed by atoms with E-state index in [1.54, 1.807) is 24.3 Å². The van der Waals surface area contributed by atoms with Gasteiger partial charge in [0.15, 0.2) is 0 Å². The number of rotatable bonds is 4. The van der Waals surface area contributed by atoms with Gasteiger partial charge < -0.3 is 15.0 Å². The summed E-state index contributed by atoms with van der Waals surface area (Å²) in [5.74, 6) is -0.320. The molecule has 1 aromatic rings. The van der Waals surface area contributed by atoms with Crippen LogP contribution in [0.3, 0.4) is 0 Å². The summed E-state index contributed by atoms with van der Waals surface area (Å²) in [6.07, 6.45) is 4.55. The fraction of sp³-hybridized carbons (Fsp3) is 0.550. The smallest absolute Gasteiger partial charge is 0.339 e. The summed E-state index contributed by atoms with van der Waals surface area (Å²) in [6.45, 7) is 2.71. The quantitative estimate of drug-likeness (QED) is 0.840. The first-order chi connectivity index (χ1) is 12.5. The van der Waals surface area contributed by atoms with Gasteiger partial charge in [0.05, 0.1) is 24.3 Å². The first kappa shape index (κ1) is 18.4. The van der Waals surface area contributed by atoms with Gasteiger partial charge in [-0.25, -0.2) is 4.79 Å². The van der Waals surface area contributed by atoms with Crippen molar-refractivity contribution in [3.8, 4) is 0 Å². The number of anilines is 1. The van der Waals surface area contributed by atoms with Crippen molar-refractivity contribution in [1.82, 2.24) is 4.90 Å². The molecule has 6 heteroatoms. The van der Waals surface area contributed by atoms with Crippen molar-refractivity contribution in [2.24, 2.45) is 11.8 Å². The van der Waals surface area contributed by atoms with Crippen LogP contribution in [0.5, 0.6) is 0 Å². The molecule has 1 atom stereocenters. The Bertz CT molecular complexity index is 695. The Kier molecular flexibility index (Phi) is 5.59. The lowest BCUT2D eigenvalue weighted by Gasteiger charge is -2.33. The molecule has 2 fully saturated rings. The highest BCUT2D eigenvalue weighted by Crippen LogP contribution is 2.31. The molecule has 0 aromatic heterocycles. The maximum Gasteiger partial charge on any atom is 0.339 e. The van der Waals surface area contributed by atoms with E-state index in [2.05, 4.69) is 12.2 Å². The second kappa shape index (κ2) is 7.89. The molecule has 0 radical (unpaired) electrons. The van der Waals surface area contributed by atoms with Crippen LogP contribution in [0.1, 0.15) is 49.4 Å². The van der Waals surface area contributed by atoms with Crippen molar-refractivity contribution in [2.75, 3.05) is 19.0 Å². The fourth-order valence-corrected chi connectivity index (χ4v) is 3.93. The van der Waals surface area contributed by atoms with Crippen LogP contribution in [0.25, 0.3) is 0 Å². The summed E-state index contributed by atoms with van der Waals surface area (Å²) in [5, 5.41) is 2.80. The second-order valence-corrected chi connectivity index (χ2v) is 7.39. The minimum atomic E-state index is -0.499. The van der Waals surface area contributed by atoms with E-state index < -0.39 is 5.97 Å². The Balaban J connectivity index is 1.65. The third-order valence-corrected chi connectivity index (χ3v) is 5.55. The van der Waals surface area contributed by atoms with E-state index in [0.717, 1.165) is 31.6 Å². The summed E-state index contributed by atoms with van der Waals surface area (Å²) in [5.41, 5.74) is 0.729. The molecule has 1 unspecified atom stereocenters. The van der Waals surface area contributed by atoms with E-state index in [0.29, 0.717) is 17.8 Å². The predicted octanol–water partition coefficient (Wildman–Crippen LogP) is 2.84. The van der Waals surface area contributed by atoms with Crippen molar-refractivity contribution >= 4 is 23.5 Å². The van der Waals surface area contributed by atoms with Gasteiger partial charge in [-0.05, 0) is 43.7 Å². The molecule has 2 aliphatic rings. The largest absolute Gasteiger partial charge is 0.465 e. The predicted molar refractivity (Wildman–Crippen MR) is 97.7 cm³/mol. The second-order valence-electron chi connectivity index (χ2n) is 7.39. The first-order valence-corrected chi connectivity index (χ1v) is 9.27. The molecular weight excluding hydrogens is 332 g/mol. The highest BCUT2D eigenvalue weighted by atomic mass is 16.5. The molecule has 1 aromatic carbocycles. The number of benzene rings is 1. The molecule has 1 saturated carbocycles. The van der Waals surface area contributed by atoms with Crippen LogP contribution >= 0.6 is 0 Å². The molecule has 1 saturated heterocycles. The van der Waals surface area contributed by atoms with E-state index >= 15 is 0 Å². The van der Waals surface area contributed by atoms with Crippen LogP contribution in [0.2, 0.25) is 0 Å². The fourth-order valence-electron chi connectivity index (χ4n) is 3.93. The number of carbonyl (C=O) groups excluding carboxylic acids is 3. The van der Waals surface area contributed by atoms with E-state index in [1.807, 2.05) is 4.90 Å². The van der Waals surface area contributed by atoms with Gasteiger partial charge in [0.25, 0.3) is 0 Å². The molecule has 3 rings (SSSR count). The lowest BCUT2D eigenvalue weighted by molar-refractivity contribution is -0.130. The van der Waals surface area contributed by atoms with Crippen LogP contribution in [-0.2, 0) is 14.3 Å².